The highest BCUT2D eigenvalue weighted by molar-refractivity contribution is 14.0. The number of rotatable bonds is 5. The number of ether oxygens (including phenoxy) is 2. The number of phenolic OH excluding ortho intramolecular Hbond substituents is 1. The first-order chi connectivity index (χ1) is 13.1. The van der Waals surface area contributed by atoms with Crippen molar-refractivity contribution in [2.24, 2.45) is 4.99 Å². The molecular weight excluding hydrogens is 469 g/mol. The van der Waals surface area contributed by atoms with Gasteiger partial charge in [-0.15, -0.1) is 24.0 Å². The van der Waals surface area contributed by atoms with Crippen molar-refractivity contribution in [3.63, 3.8) is 0 Å². The van der Waals surface area contributed by atoms with E-state index < -0.39 is 0 Å². The monoisotopic (exact) mass is 497 g/mol. The second-order valence-electron chi connectivity index (χ2n) is 6.60. The van der Waals surface area contributed by atoms with E-state index in [0.29, 0.717) is 12.5 Å². The Morgan fingerprint density at radius 2 is 1.82 bits per heavy atom. The smallest absolute Gasteiger partial charge is 0.193 e. The summed E-state index contributed by atoms with van der Waals surface area (Å²) in [6.07, 6.45) is 1.08. The van der Waals surface area contributed by atoms with Crippen LogP contribution < -0.4 is 14.8 Å². The molecule has 2 aromatic carbocycles. The summed E-state index contributed by atoms with van der Waals surface area (Å²) < 4.78 is 10.5. The molecule has 1 unspecified atom stereocenters. The SMILES string of the molecule is CN=C(NCc1cc(OC)ccc1O)N1CCC(c2ccc(OC)cc2)C1.I. The standard InChI is InChI=1S/C21H27N3O3.HI/c1-22-21(23-13-17-12-19(27-3)8-9-20(17)25)24-11-10-16(14-24)15-4-6-18(26-2)7-5-15;/h4-9,12,16,25H,10-11,13-14H2,1-3H3,(H,22,23);1H. The fraction of sp³-hybridized carbons (Fsp3) is 0.381. The van der Waals surface area contributed by atoms with Crippen LogP contribution in [0.2, 0.25) is 0 Å². The third kappa shape index (κ3) is 5.21. The highest BCUT2D eigenvalue weighted by atomic mass is 127. The van der Waals surface area contributed by atoms with Gasteiger partial charge in [0.15, 0.2) is 5.96 Å². The van der Waals surface area contributed by atoms with Crippen LogP contribution in [0.5, 0.6) is 17.2 Å². The lowest BCUT2D eigenvalue weighted by molar-refractivity contribution is 0.410. The van der Waals surface area contributed by atoms with Gasteiger partial charge in [-0.1, -0.05) is 12.1 Å². The topological polar surface area (TPSA) is 66.3 Å². The second-order valence-corrected chi connectivity index (χ2v) is 6.60. The molecule has 3 rings (SSSR count). The van der Waals surface area contributed by atoms with E-state index in [1.54, 1.807) is 33.4 Å². The van der Waals surface area contributed by atoms with E-state index in [9.17, 15) is 5.11 Å². The summed E-state index contributed by atoms with van der Waals surface area (Å²) in [5.41, 5.74) is 2.10. The molecule has 1 heterocycles. The van der Waals surface area contributed by atoms with Gasteiger partial charge in [0.2, 0.25) is 0 Å². The highest BCUT2D eigenvalue weighted by Crippen LogP contribution is 2.29. The summed E-state index contributed by atoms with van der Waals surface area (Å²) in [6, 6.07) is 13.5. The molecule has 2 aromatic rings. The molecule has 1 atom stereocenters. The molecule has 0 bridgehead atoms. The van der Waals surface area contributed by atoms with Crippen molar-refractivity contribution in [2.45, 2.75) is 18.9 Å². The quantitative estimate of drug-likeness (QED) is 0.376. The summed E-state index contributed by atoms with van der Waals surface area (Å²) >= 11 is 0. The average Bonchev–Trinajstić information content (AvgIpc) is 3.20. The zero-order valence-electron chi connectivity index (χ0n) is 16.5. The number of hydrogen-bond acceptors (Lipinski definition) is 4. The van der Waals surface area contributed by atoms with Crippen molar-refractivity contribution in [3.8, 4) is 17.2 Å². The van der Waals surface area contributed by atoms with Crippen LogP contribution in [-0.4, -0.2) is 50.3 Å². The first-order valence-corrected chi connectivity index (χ1v) is 9.10. The van der Waals surface area contributed by atoms with Gasteiger partial charge in [0.1, 0.15) is 17.2 Å². The van der Waals surface area contributed by atoms with Gasteiger partial charge in [0.05, 0.1) is 14.2 Å². The number of phenols is 1. The number of nitrogens with zero attached hydrogens (tertiary/aromatic N) is 2. The number of hydrogen-bond donors (Lipinski definition) is 2. The summed E-state index contributed by atoms with van der Waals surface area (Å²) in [5, 5.41) is 13.4. The van der Waals surface area contributed by atoms with Crippen LogP contribution in [0.15, 0.2) is 47.5 Å². The molecule has 0 amide bonds. The molecule has 2 N–H and O–H groups in total. The Kier molecular flexibility index (Phi) is 8.22. The summed E-state index contributed by atoms with van der Waals surface area (Å²) in [4.78, 5) is 6.67. The van der Waals surface area contributed by atoms with Crippen molar-refractivity contribution >= 4 is 29.9 Å². The minimum Gasteiger partial charge on any atom is -0.508 e. The van der Waals surface area contributed by atoms with Crippen LogP contribution in [0.4, 0.5) is 0 Å². The van der Waals surface area contributed by atoms with E-state index in [1.807, 2.05) is 18.2 Å². The van der Waals surface area contributed by atoms with Gasteiger partial charge < -0.3 is 24.8 Å². The molecular formula is C21H28IN3O3. The van der Waals surface area contributed by atoms with Crippen LogP contribution in [0.1, 0.15) is 23.5 Å². The number of benzene rings is 2. The Labute approximate surface area is 183 Å². The predicted molar refractivity (Wildman–Crippen MR) is 122 cm³/mol. The number of halogens is 1. The van der Waals surface area contributed by atoms with Crippen LogP contribution in [0.25, 0.3) is 0 Å². The Morgan fingerprint density at radius 3 is 2.46 bits per heavy atom. The molecule has 6 nitrogen and oxygen atoms in total. The lowest BCUT2D eigenvalue weighted by atomic mass is 9.98. The lowest BCUT2D eigenvalue weighted by Gasteiger charge is -2.22. The first kappa shape index (κ1) is 22.1. The van der Waals surface area contributed by atoms with Crippen LogP contribution >= 0.6 is 24.0 Å². The fourth-order valence-electron chi connectivity index (χ4n) is 3.44. The number of likely N-dealkylation sites (tertiary alicyclic amines) is 1. The molecule has 0 radical (unpaired) electrons. The van der Waals surface area contributed by atoms with Gasteiger partial charge in [-0.05, 0) is 42.3 Å². The third-order valence-electron chi connectivity index (χ3n) is 5.01. The molecule has 1 saturated heterocycles. The molecule has 1 aliphatic rings. The van der Waals surface area contributed by atoms with Gasteiger partial charge in [0.25, 0.3) is 0 Å². The third-order valence-corrected chi connectivity index (χ3v) is 5.01. The number of nitrogens with one attached hydrogen (secondary N) is 1. The van der Waals surface area contributed by atoms with E-state index in [-0.39, 0.29) is 29.7 Å². The van der Waals surface area contributed by atoms with Crippen LogP contribution in [0, 0.1) is 0 Å². The number of guanidine groups is 1. The Morgan fingerprint density at radius 1 is 1.14 bits per heavy atom. The van der Waals surface area contributed by atoms with Gasteiger partial charge in [-0.25, -0.2) is 0 Å². The maximum absolute atomic E-state index is 10.1. The maximum Gasteiger partial charge on any atom is 0.193 e. The average molecular weight is 497 g/mol. The Bertz CT molecular complexity index is 796. The van der Waals surface area contributed by atoms with Crippen molar-refractivity contribution < 1.29 is 14.6 Å². The molecule has 0 spiro atoms. The second kappa shape index (κ2) is 10.4. The minimum atomic E-state index is 0. The highest BCUT2D eigenvalue weighted by Gasteiger charge is 2.26. The van der Waals surface area contributed by atoms with E-state index >= 15 is 0 Å². The summed E-state index contributed by atoms with van der Waals surface area (Å²) in [5.74, 6) is 3.16. The Balaban J connectivity index is 0.00000280. The maximum atomic E-state index is 10.1. The number of aromatic hydroxyl groups is 1. The Hall–Kier alpha value is -2.16. The normalized spacial score (nSPS) is 16.5. The van der Waals surface area contributed by atoms with E-state index in [2.05, 4.69) is 27.3 Å². The van der Waals surface area contributed by atoms with Crippen molar-refractivity contribution in [2.75, 3.05) is 34.4 Å². The van der Waals surface area contributed by atoms with Crippen LogP contribution in [-0.2, 0) is 6.54 Å². The van der Waals surface area contributed by atoms with Crippen molar-refractivity contribution in [1.82, 2.24) is 10.2 Å². The van der Waals surface area contributed by atoms with E-state index in [1.165, 1.54) is 5.56 Å². The summed E-state index contributed by atoms with van der Waals surface area (Å²) in [7, 11) is 5.09. The zero-order valence-corrected chi connectivity index (χ0v) is 18.8. The van der Waals surface area contributed by atoms with Crippen molar-refractivity contribution in [3.05, 3.63) is 53.6 Å². The fourth-order valence-corrected chi connectivity index (χ4v) is 3.44. The molecule has 0 aliphatic carbocycles. The predicted octanol–water partition coefficient (Wildman–Crippen LogP) is 3.59. The van der Waals surface area contributed by atoms with Gasteiger partial charge in [0, 0.05) is 38.2 Å². The van der Waals surface area contributed by atoms with Gasteiger partial charge in [-0.3, -0.25) is 4.99 Å². The molecule has 1 fully saturated rings. The molecule has 152 valence electrons. The number of methoxy groups -OCH3 is 2. The van der Waals surface area contributed by atoms with Crippen LogP contribution in [0.3, 0.4) is 0 Å². The zero-order chi connectivity index (χ0) is 19.2. The van der Waals surface area contributed by atoms with E-state index in [4.69, 9.17) is 9.47 Å². The minimum absolute atomic E-state index is 0. The molecule has 7 heteroatoms. The summed E-state index contributed by atoms with van der Waals surface area (Å²) in [6.45, 7) is 2.34. The van der Waals surface area contributed by atoms with E-state index in [0.717, 1.165) is 42.5 Å². The van der Waals surface area contributed by atoms with Crippen molar-refractivity contribution in [1.29, 1.82) is 0 Å². The molecule has 1 aliphatic heterocycles. The largest absolute Gasteiger partial charge is 0.508 e. The molecule has 28 heavy (non-hydrogen) atoms. The van der Waals surface area contributed by atoms with Gasteiger partial charge in [-0.2, -0.15) is 0 Å². The lowest BCUT2D eigenvalue weighted by Crippen LogP contribution is -2.39. The van der Waals surface area contributed by atoms with Gasteiger partial charge >= 0.3 is 0 Å². The molecule has 0 saturated carbocycles. The first-order valence-electron chi connectivity index (χ1n) is 9.10. The molecule has 0 aromatic heterocycles. The number of aliphatic imine (C=N–C) groups is 1.